The lowest BCUT2D eigenvalue weighted by Gasteiger charge is -2.04. The van der Waals surface area contributed by atoms with Crippen LogP contribution in [-0.4, -0.2) is 31.5 Å². The first kappa shape index (κ1) is 18.8. The molecule has 3 N–H and O–H groups in total. The van der Waals surface area contributed by atoms with Crippen molar-refractivity contribution in [3.63, 3.8) is 0 Å². The summed E-state index contributed by atoms with van der Waals surface area (Å²) in [7, 11) is 0. The van der Waals surface area contributed by atoms with Crippen LogP contribution in [0.25, 0.3) is 10.9 Å². The minimum atomic E-state index is -0.488. The van der Waals surface area contributed by atoms with Crippen molar-refractivity contribution >= 4 is 22.6 Å². The summed E-state index contributed by atoms with van der Waals surface area (Å²) in [4.78, 5) is 28.1. The number of H-pyrrole nitrogens is 1. The van der Waals surface area contributed by atoms with Crippen LogP contribution in [0.2, 0.25) is 0 Å². The molecule has 1 aromatic carbocycles. The van der Waals surface area contributed by atoms with Gasteiger partial charge >= 0.3 is 0 Å². The van der Waals surface area contributed by atoms with E-state index in [0.29, 0.717) is 6.42 Å². The molecule has 6 nitrogen and oxygen atoms in total. The molecule has 3 aromatic rings. The Kier molecular flexibility index (Phi) is 5.64. The number of benzene rings is 1. The molecular weight excluding hydrogens is 344 g/mol. The highest BCUT2D eigenvalue weighted by Gasteiger charge is 2.25. The Morgan fingerprint density at radius 2 is 1.89 bits per heavy atom. The van der Waals surface area contributed by atoms with Crippen LogP contribution >= 0.6 is 0 Å². The molecule has 0 saturated heterocycles. The van der Waals surface area contributed by atoms with E-state index in [4.69, 9.17) is 0 Å². The van der Waals surface area contributed by atoms with Gasteiger partial charge < -0.3 is 15.2 Å². The Balaban J connectivity index is 1.77. The molecule has 0 radical (unpaired) electrons. The maximum atomic E-state index is 12.7. The summed E-state index contributed by atoms with van der Waals surface area (Å²) in [5.74, 6) is -1.63. The minimum absolute atomic E-state index is 0.0137. The molecule has 2 aromatic heterocycles. The van der Waals surface area contributed by atoms with Gasteiger partial charge in [-0.15, -0.1) is 0 Å². The average molecular weight is 368 g/mol. The molecule has 0 bridgehead atoms. The smallest absolute Gasteiger partial charge is 0.233 e. The lowest BCUT2D eigenvalue weighted by molar-refractivity contribution is 0.0889. The van der Waals surface area contributed by atoms with E-state index in [-0.39, 0.29) is 30.1 Å². The maximum Gasteiger partial charge on any atom is 0.233 e. The van der Waals surface area contributed by atoms with E-state index in [2.05, 4.69) is 11.9 Å². The van der Waals surface area contributed by atoms with Crippen molar-refractivity contribution in [2.45, 2.75) is 45.4 Å². The Labute approximate surface area is 157 Å². The molecule has 0 amide bonds. The summed E-state index contributed by atoms with van der Waals surface area (Å²) in [6, 6.07) is 7.59. The number of para-hydroxylation sites is 1. The quantitative estimate of drug-likeness (QED) is 0.405. The summed E-state index contributed by atoms with van der Waals surface area (Å²) in [6.45, 7) is 2.09. The molecule has 0 atom stereocenters. The molecule has 27 heavy (non-hydrogen) atoms. The van der Waals surface area contributed by atoms with Crippen molar-refractivity contribution in [3.05, 3.63) is 47.8 Å². The van der Waals surface area contributed by atoms with E-state index in [0.717, 1.165) is 46.5 Å². The number of hydrogen-bond donors (Lipinski definition) is 3. The Morgan fingerprint density at radius 1 is 1.11 bits per heavy atom. The maximum absolute atomic E-state index is 12.7. The molecule has 0 saturated carbocycles. The number of hydrogen-bond acceptors (Lipinski definition) is 4. The average Bonchev–Trinajstić information content (AvgIpc) is 3.19. The standard InChI is InChI=1S/C21H24N2O4/c1-2-3-4-5-10-19(26)23-13-18(25)20(21(23)27)17(24)11-14-12-22-16-9-7-6-8-15(14)16/h6-9,12-13,22,25,27H,2-5,10-11H2,1H3. The zero-order valence-corrected chi connectivity index (χ0v) is 15.4. The molecule has 0 unspecified atom stereocenters. The highest BCUT2D eigenvalue weighted by Crippen LogP contribution is 2.32. The van der Waals surface area contributed by atoms with Crippen molar-refractivity contribution in [1.29, 1.82) is 0 Å². The van der Waals surface area contributed by atoms with Crippen LogP contribution in [0.5, 0.6) is 11.6 Å². The van der Waals surface area contributed by atoms with Crippen LogP contribution in [0.3, 0.4) is 0 Å². The van der Waals surface area contributed by atoms with Crippen LogP contribution in [0.1, 0.15) is 59.7 Å². The third kappa shape index (κ3) is 3.89. The Morgan fingerprint density at radius 3 is 2.67 bits per heavy atom. The second-order valence-electron chi connectivity index (χ2n) is 6.75. The number of aromatic nitrogens is 2. The Hall–Kier alpha value is -3.02. The molecule has 0 aliphatic heterocycles. The van der Waals surface area contributed by atoms with Gasteiger partial charge in [-0.2, -0.15) is 0 Å². The Bertz CT molecular complexity index is 968. The number of carbonyl (C=O) groups excluding carboxylic acids is 2. The van der Waals surface area contributed by atoms with Gasteiger partial charge in [-0.25, -0.2) is 0 Å². The van der Waals surface area contributed by atoms with Crippen LogP contribution in [0.4, 0.5) is 0 Å². The highest BCUT2D eigenvalue weighted by molar-refractivity contribution is 6.05. The second-order valence-corrected chi connectivity index (χ2v) is 6.75. The summed E-state index contributed by atoms with van der Waals surface area (Å²) in [5.41, 5.74) is 1.48. The number of carbonyl (C=O) groups is 2. The number of fused-ring (bicyclic) bond motifs is 1. The van der Waals surface area contributed by atoms with E-state index >= 15 is 0 Å². The number of aromatic amines is 1. The summed E-state index contributed by atoms with van der Waals surface area (Å²) < 4.78 is 0.976. The lowest BCUT2D eigenvalue weighted by Crippen LogP contribution is -2.10. The molecule has 3 rings (SSSR count). The monoisotopic (exact) mass is 368 g/mol. The number of nitrogens with one attached hydrogen (secondary N) is 1. The van der Waals surface area contributed by atoms with E-state index < -0.39 is 11.7 Å². The van der Waals surface area contributed by atoms with Crippen LogP contribution in [-0.2, 0) is 6.42 Å². The molecule has 6 heteroatoms. The number of unbranched alkanes of at least 4 members (excludes halogenated alkanes) is 3. The summed E-state index contributed by atoms with van der Waals surface area (Å²) in [5, 5.41) is 21.4. The zero-order valence-electron chi connectivity index (χ0n) is 15.4. The van der Waals surface area contributed by atoms with Gasteiger partial charge in [0.05, 0.1) is 6.20 Å². The predicted molar refractivity (Wildman–Crippen MR) is 103 cm³/mol. The predicted octanol–water partition coefficient (Wildman–Crippen LogP) is 4.42. The van der Waals surface area contributed by atoms with Gasteiger partial charge in [-0.1, -0.05) is 44.4 Å². The van der Waals surface area contributed by atoms with Crippen molar-refractivity contribution in [2.24, 2.45) is 0 Å². The molecule has 2 heterocycles. The fourth-order valence-corrected chi connectivity index (χ4v) is 3.30. The number of nitrogens with zero attached hydrogens (tertiary/aromatic N) is 1. The van der Waals surface area contributed by atoms with E-state index in [1.165, 1.54) is 0 Å². The first-order valence-corrected chi connectivity index (χ1v) is 9.27. The van der Waals surface area contributed by atoms with Gasteiger partial charge in [0.25, 0.3) is 0 Å². The fraction of sp³-hybridized carbons (Fsp3) is 0.333. The first-order chi connectivity index (χ1) is 13.0. The van der Waals surface area contributed by atoms with Gasteiger partial charge in [-0.05, 0) is 18.1 Å². The molecule has 142 valence electrons. The van der Waals surface area contributed by atoms with Crippen LogP contribution in [0.15, 0.2) is 36.7 Å². The third-order valence-corrected chi connectivity index (χ3v) is 4.78. The van der Waals surface area contributed by atoms with Gasteiger partial charge in [0.1, 0.15) is 11.3 Å². The van der Waals surface area contributed by atoms with E-state index in [9.17, 15) is 19.8 Å². The van der Waals surface area contributed by atoms with Gasteiger partial charge in [0, 0.05) is 29.9 Å². The highest BCUT2D eigenvalue weighted by atomic mass is 16.3. The van der Waals surface area contributed by atoms with Crippen LogP contribution in [0, 0.1) is 0 Å². The van der Waals surface area contributed by atoms with Crippen molar-refractivity contribution in [2.75, 3.05) is 0 Å². The first-order valence-electron chi connectivity index (χ1n) is 9.27. The van der Waals surface area contributed by atoms with Gasteiger partial charge in [0.15, 0.2) is 5.78 Å². The number of rotatable bonds is 8. The second kappa shape index (κ2) is 8.12. The fourth-order valence-electron chi connectivity index (χ4n) is 3.30. The van der Waals surface area contributed by atoms with E-state index in [1.54, 1.807) is 6.20 Å². The molecule has 0 spiro atoms. The summed E-state index contributed by atoms with van der Waals surface area (Å²) >= 11 is 0. The molecular formula is C21H24N2O4. The number of ketones is 1. The number of Topliss-reactive ketones (excluding diaryl/α,β-unsaturated/α-hetero) is 1. The lowest BCUT2D eigenvalue weighted by atomic mass is 10.0. The van der Waals surface area contributed by atoms with Crippen molar-refractivity contribution < 1.29 is 19.8 Å². The molecule has 0 aliphatic rings. The topological polar surface area (TPSA) is 95.3 Å². The zero-order chi connectivity index (χ0) is 19.4. The molecule has 0 aliphatic carbocycles. The van der Waals surface area contributed by atoms with E-state index in [1.807, 2.05) is 24.3 Å². The minimum Gasteiger partial charge on any atom is -0.505 e. The van der Waals surface area contributed by atoms with Gasteiger partial charge in [-0.3, -0.25) is 14.2 Å². The van der Waals surface area contributed by atoms with Crippen molar-refractivity contribution in [1.82, 2.24) is 9.55 Å². The third-order valence-electron chi connectivity index (χ3n) is 4.78. The normalized spacial score (nSPS) is 11.1. The molecule has 0 fully saturated rings. The van der Waals surface area contributed by atoms with Crippen LogP contribution < -0.4 is 0 Å². The summed E-state index contributed by atoms with van der Waals surface area (Å²) in [6.07, 6.45) is 6.90. The largest absolute Gasteiger partial charge is 0.505 e. The SMILES string of the molecule is CCCCCCC(=O)n1cc(O)c(C(=O)Cc2c[nH]c3ccccc23)c1O. The van der Waals surface area contributed by atoms with Crippen molar-refractivity contribution in [3.8, 4) is 11.6 Å². The van der Waals surface area contributed by atoms with Gasteiger partial charge in [0.2, 0.25) is 11.8 Å². The number of aromatic hydroxyl groups is 2.